The zero-order chi connectivity index (χ0) is 11.3. The number of carboxylic acid groups (broad SMARTS) is 1. The second kappa shape index (κ2) is 5.51. The highest BCUT2D eigenvalue weighted by Gasteiger charge is 1.94. The molecule has 0 aromatic heterocycles. The summed E-state index contributed by atoms with van der Waals surface area (Å²) in [4.78, 5) is 10.2. The minimum absolute atomic E-state index is 0.937. The van der Waals surface area contributed by atoms with Gasteiger partial charge in [-0.3, -0.25) is 0 Å². The molecule has 1 aromatic carbocycles. The lowest BCUT2D eigenvalue weighted by molar-refractivity contribution is -0.131. The van der Waals surface area contributed by atoms with Crippen molar-refractivity contribution in [3.8, 4) is 0 Å². The number of carbonyl (C=O) groups is 1. The van der Waals surface area contributed by atoms with E-state index in [1.54, 1.807) is 6.08 Å². The van der Waals surface area contributed by atoms with Gasteiger partial charge in [-0.25, -0.2) is 4.79 Å². The van der Waals surface area contributed by atoms with Crippen LogP contribution in [0.1, 0.15) is 12.5 Å². The quantitative estimate of drug-likeness (QED) is 0.672. The van der Waals surface area contributed by atoms with Gasteiger partial charge in [0, 0.05) is 10.5 Å². The van der Waals surface area contributed by atoms with Crippen LogP contribution in [0.15, 0.2) is 47.0 Å². The Morgan fingerprint density at radius 1 is 1.47 bits per heavy atom. The third-order valence-corrected chi connectivity index (χ3v) is 2.36. The van der Waals surface area contributed by atoms with Crippen LogP contribution in [-0.4, -0.2) is 11.1 Å². The molecule has 1 rings (SSSR count). The molecule has 1 aromatic rings. The fourth-order valence-electron chi connectivity index (χ4n) is 1.10. The summed E-state index contributed by atoms with van der Waals surface area (Å²) in [6.07, 6.45) is 4.41. The SMILES string of the molecule is C/C(=C\C=C\C(=O)O)c1cccc(Br)c1. The summed E-state index contributed by atoms with van der Waals surface area (Å²) in [7, 11) is 0. The van der Waals surface area contributed by atoms with E-state index in [2.05, 4.69) is 15.9 Å². The Bertz CT molecular complexity index is 419. The molecule has 3 heteroatoms. The van der Waals surface area contributed by atoms with E-state index in [1.807, 2.05) is 31.2 Å². The van der Waals surface area contributed by atoms with Crippen molar-refractivity contribution in [2.24, 2.45) is 0 Å². The van der Waals surface area contributed by atoms with E-state index in [4.69, 9.17) is 5.11 Å². The van der Waals surface area contributed by atoms with Crippen LogP contribution in [0, 0.1) is 0 Å². The highest BCUT2D eigenvalue weighted by Crippen LogP contribution is 2.18. The molecule has 0 saturated carbocycles. The standard InChI is InChI=1S/C12H11BrO2/c1-9(4-2-7-12(14)15)10-5-3-6-11(13)8-10/h2-8H,1H3,(H,14,15)/b7-2+,9-4+. The maximum absolute atomic E-state index is 10.2. The number of halogens is 1. The molecule has 0 heterocycles. The molecule has 0 bridgehead atoms. The van der Waals surface area contributed by atoms with Crippen LogP contribution in [-0.2, 0) is 4.79 Å². The van der Waals surface area contributed by atoms with Gasteiger partial charge in [0.25, 0.3) is 0 Å². The molecule has 0 atom stereocenters. The Balaban J connectivity index is 2.84. The Kier molecular flexibility index (Phi) is 4.31. The number of carboxylic acids is 1. The summed E-state index contributed by atoms with van der Waals surface area (Å²) in [5.41, 5.74) is 2.09. The van der Waals surface area contributed by atoms with Crippen molar-refractivity contribution in [2.45, 2.75) is 6.92 Å². The van der Waals surface area contributed by atoms with Crippen LogP contribution in [0.4, 0.5) is 0 Å². The highest BCUT2D eigenvalue weighted by atomic mass is 79.9. The zero-order valence-corrected chi connectivity index (χ0v) is 9.86. The lowest BCUT2D eigenvalue weighted by Gasteiger charge is -2.00. The van der Waals surface area contributed by atoms with E-state index in [0.717, 1.165) is 21.7 Å². The predicted octanol–water partition coefficient (Wildman–Crippen LogP) is 3.49. The largest absolute Gasteiger partial charge is 0.478 e. The Labute approximate surface area is 97.1 Å². The Morgan fingerprint density at radius 3 is 2.80 bits per heavy atom. The maximum Gasteiger partial charge on any atom is 0.328 e. The average Bonchev–Trinajstić information content (AvgIpc) is 2.17. The normalized spacial score (nSPS) is 12.0. The molecule has 0 aliphatic rings. The number of benzene rings is 1. The van der Waals surface area contributed by atoms with Crippen molar-refractivity contribution < 1.29 is 9.90 Å². The first-order valence-electron chi connectivity index (χ1n) is 4.43. The molecule has 0 amide bonds. The van der Waals surface area contributed by atoms with Gasteiger partial charge in [0.1, 0.15) is 0 Å². The molecule has 0 spiro atoms. The summed E-state index contributed by atoms with van der Waals surface area (Å²) < 4.78 is 1.01. The van der Waals surface area contributed by atoms with Gasteiger partial charge in [0.05, 0.1) is 0 Å². The summed E-state index contributed by atoms with van der Waals surface area (Å²) >= 11 is 3.38. The first-order valence-corrected chi connectivity index (χ1v) is 5.23. The molecule has 0 radical (unpaired) electrons. The summed E-state index contributed by atoms with van der Waals surface area (Å²) in [6.45, 7) is 1.94. The minimum Gasteiger partial charge on any atom is -0.478 e. The van der Waals surface area contributed by atoms with Gasteiger partial charge in [-0.2, -0.15) is 0 Å². The lowest BCUT2D eigenvalue weighted by atomic mass is 10.1. The van der Waals surface area contributed by atoms with Crippen molar-refractivity contribution in [3.05, 3.63) is 52.5 Å². The summed E-state index contributed by atoms with van der Waals surface area (Å²) in [5, 5.41) is 8.42. The third-order valence-electron chi connectivity index (χ3n) is 1.86. The first-order chi connectivity index (χ1) is 7.09. The molecule has 0 fully saturated rings. The van der Waals surface area contributed by atoms with Gasteiger partial charge >= 0.3 is 5.97 Å². The topological polar surface area (TPSA) is 37.3 Å². The fraction of sp³-hybridized carbons (Fsp3) is 0.0833. The maximum atomic E-state index is 10.2. The van der Waals surface area contributed by atoms with Gasteiger partial charge in [-0.15, -0.1) is 0 Å². The zero-order valence-electron chi connectivity index (χ0n) is 8.27. The summed E-state index contributed by atoms with van der Waals surface area (Å²) in [6, 6.07) is 7.85. The number of aliphatic carboxylic acids is 1. The van der Waals surface area contributed by atoms with Crippen molar-refractivity contribution in [1.82, 2.24) is 0 Å². The van der Waals surface area contributed by atoms with E-state index in [-0.39, 0.29) is 0 Å². The number of hydrogen-bond donors (Lipinski definition) is 1. The van der Waals surface area contributed by atoms with Gasteiger partial charge in [-0.1, -0.05) is 40.2 Å². The lowest BCUT2D eigenvalue weighted by Crippen LogP contribution is -1.85. The molecule has 0 aliphatic heterocycles. The van der Waals surface area contributed by atoms with Gasteiger partial charge in [-0.05, 0) is 30.2 Å². The van der Waals surface area contributed by atoms with Gasteiger partial charge in [0.15, 0.2) is 0 Å². The van der Waals surface area contributed by atoms with Crippen molar-refractivity contribution in [1.29, 1.82) is 0 Å². The molecule has 2 nitrogen and oxygen atoms in total. The number of allylic oxidation sites excluding steroid dienone is 3. The summed E-state index contributed by atoms with van der Waals surface area (Å²) in [5.74, 6) is -0.937. The van der Waals surface area contributed by atoms with Crippen molar-refractivity contribution >= 4 is 27.5 Å². The minimum atomic E-state index is -0.937. The van der Waals surface area contributed by atoms with Gasteiger partial charge in [0.2, 0.25) is 0 Å². The van der Waals surface area contributed by atoms with Crippen LogP contribution in [0.2, 0.25) is 0 Å². The fourth-order valence-corrected chi connectivity index (χ4v) is 1.50. The number of rotatable bonds is 3. The van der Waals surface area contributed by atoms with Crippen molar-refractivity contribution in [2.75, 3.05) is 0 Å². The molecule has 78 valence electrons. The molecule has 0 aliphatic carbocycles. The van der Waals surface area contributed by atoms with E-state index in [9.17, 15) is 4.79 Å². The second-order valence-electron chi connectivity index (χ2n) is 3.06. The third kappa shape index (κ3) is 4.13. The Morgan fingerprint density at radius 2 is 2.20 bits per heavy atom. The number of hydrogen-bond acceptors (Lipinski definition) is 1. The molecule has 0 saturated heterocycles. The first kappa shape index (κ1) is 11.7. The smallest absolute Gasteiger partial charge is 0.328 e. The van der Waals surface area contributed by atoms with Crippen LogP contribution in [0.25, 0.3) is 5.57 Å². The average molecular weight is 267 g/mol. The monoisotopic (exact) mass is 266 g/mol. The van der Waals surface area contributed by atoms with Crippen LogP contribution in [0.3, 0.4) is 0 Å². The van der Waals surface area contributed by atoms with Gasteiger partial charge < -0.3 is 5.11 Å². The van der Waals surface area contributed by atoms with E-state index < -0.39 is 5.97 Å². The molecule has 15 heavy (non-hydrogen) atoms. The van der Waals surface area contributed by atoms with E-state index >= 15 is 0 Å². The predicted molar refractivity (Wildman–Crippen MR) is 64.6 cm³/mol. The van der Waals surface area contributed by atoms with Crippen molar-refractivity contribution in [3.63, 3.8) is 0 Å². The van der Waals surface area contributed by atoms with E-state index in [1.165, 1.54) is 6.08 Å². The van der Waals surface area contributed by atoms with E-state index in [0.29, 0.717) is 0 Å². The molecule has 0 unspecified atom stereocenters. The molecular formula is C12H11BrO2. The van der Waals surface area contributed by atoms with Crippen LogP contribution < -0.4 is 0 Å². The second-order valence-corrected chi connectivity index (χ2v) is 3.97. The Hall–Kier alpha value is -1.35. The van der Waals surface area contributed by atoms with Crippen LogP contribution in [0.5, 0.6) is 0 Å². The highest BCUT2D eigenvalue weighted by molar-refractivity contribution is 9.10. The molecule has 1 N–H and O–H groups in total. The van der Waals surface area contributed by atoms with Crippen LogP contribution >= 0.6 is 15.9 Å². The molecular weight excluding hydrogens is 256 g/mol.